The van der Waals surface area contributed by atoms with Gasteiger partial charge in [-0.25, -0.2) is 13.6 Å². The summed E-state index contributed by atoms with van der Waals surface area (Å²) in [6.07, 6.45) is 1.50. The molecule has 0 aliphatic carbocycles. The van der Waals surface area contributed by atoms with Crippen LogP contribution in [0.5, 0.6) is 0 Å². The van der Waals surface area contributed by atoms with Gasteiger partial charge in [-0.15, -0.1) is 0 Å². The number of nitrogens with zero attached hydrogens (tertiary/aromatic N) is 1. The lowest BCUT2D eigenvalue weighted by molar-refractivity contribution is 0.0183. The van der Waals surface area contributed by atoms with Gasteiger partial charge in [0.1, 0.15) is 17.2 Å². The van der Waals surface area contributed by atoms with E-state index in [1.807, 2.05) is 27.7 Å². The summed E-state index contributed by atoms with van der Waals surface area (Å²) in [6.45, 7) is 9.51. The minimum atomic E-state index is -0.567. The van der Waals surface area contributed by atoms with Crippen LogP contribution < -0.4 is 5.32 Å². The molecule has 1 unspecified atom stereocenters. The molecule has 1 aliphatic heterocycles. The molecule has 1 aliphatic rings. The molecule has 1 heterocycles. The Labute approximate surface area is 148 Å². The van der Waals surface area contributed by atoms with Gasteiger partial charge in [-0.3, -0.25) is 0 Å². The van der Waals surface area contributed by atoms with Crippen molar-refractivity contribution in [3.8, 4) is 0 Å². The van der Waals surface area contributed by atoms with Crippen molar-refractivity contribution in [1.82, 2.24) is 10.2 Å². The van der Waals surface area contributed by atoms with E-state index in [1.54, 1.807) is 4.90 Å². The van der Waals surface area contributed by atoms with Crippen molar-refractivity contribution >= 4 is 6.09 Å². The van der Waals surface area contributed by atoms with Crippen LogP contribution in [0, 0.1) is 17.6 Å². The summed E-state index contributed by atoms with van der Waals surface area (Å²) in [7, 11) is 0. The number of piperidine rings is 1. The summed E-state index contributed by atoms with van der Waals surface area (Å²) < 4.78 is 32.2. The maximum atomic E-state index is 13.8. The summed E-state index contributed by atoms with van der Waals surface area (Å²) >= 11 is 0. The number of benzene rings is 1. The molecule has 1 atom stereocenters. The predicted molar refractivity (Wildman–Crippen MR) is 93.3 cm³/mol. The van der Waals surface area contributed by atoms with Crippen LogP contribution in [-0.2, 0) is 4.74 Å². The zero-order valence-electron chi connectivity index (χ0n) is 15.4. The molecule has 4 nitrogen and oxygen atoms in total. The summed E-state index contributed by atoms with van der Waals surface area (Å²) in [5.74, 6) is -0.674. The molecule has 0 aromatic heterocycles. The molecule has 6 heteroatoms. The first-order chi connectivity index (χ1) is 11.7. The summed E-state index contributed by atoms with van der Waals surface area (Å²) in [4.78, 5) is 13.8. The van der Waals surface area contributed by atoms with Crippen LogP contribution >= 0.6 is 0 Å². The monoisotopic (exact) mass is 354 g/mol. The molecule has 1 aromatic carbocycles. The van der Waals surface area contributed by atoms with Crippen molar-refractivity contribution in [3.63, 3.8) is 0 Å². The Balaban J connectivity index is 1.77. The zero-order chi connectivity index (χ0) is 18.6. The van der Waals surface area contributed by atoms with E-state index in [4.69, 9.17) is 4.74 Å². The Morgan fingerprint density at radius 1 is 1.32 bits per heavy atom. The van der Waals surface area contributed by atoms with Crippen LogP contribution in [0.15, 0.2) is 18.2 Å². The van der Waals surface area contributed by atoms with Crippen LogP contribution in [0.3, 0.4) is 0 Å². The van der Waals surface area contributed by atoms with Gasteiger partial charge < -0.3 is 15.0 Å². The third-order valence-electron chi connectivity index (χ3n) is 4.41. The number of nitrogens with one attached hydrogen (secondary N) is 1. The van der Waals surface area contributed by atoms with E-state index >= 15 is 0 Å². The second-order valence-corrected chi connectivity index (χ2v) is 7.71. The van der Waals surface area contributed by atoms with E-state index in [0.29, 0.717) is 24.6 Å². The summed E-state index contributed by atoms with van der Waals surface area (Å²) in [6, 6.07) is 3.47. The number of amides is 1. The van der Waals surface area contributed by atoms with E-state index < -0.39 is 17.2 Å². The van der Waals surface area contributed by atoms with Crippen molar-refractivity contribution in [2.24, 2.45) is 5.92 Å². The van der Waals surface area contributed by atoms with Gasteiger partial charge in [0.05, 0.1) is 0 Å². The molecule has 0 spiro atoms. The topological polar surface area (TPSA) is 41.6 Å². The van der Waals surface area contributed by atoms with Gasteiger partial charge in [0, 0.05) is 30.8 Å². The van der Waals surface area contributed by atoms with Crippen molar-refractivity contribution < 1.29 is 18.3 Å². The average molecular weight is 354 g/mol. The number of hydrogen-bond acceptors (Lipinski definition) is 3. The summed E-state index contributed by atoms with van der Waals surface area (Å²) in [5.41, 5.74) is -0.0166. The molecule has 1 fully saturated rings. The number of carbonyl (C=O) groups is 1. The van der Waals surface area contributed by atoms with Gasteiger partial charge >= 0.3 is 6.09 Å². The summed E-state index contributed by atoms with van der Waals surface area (Å²) in [5, 5.41) is 3.31. The number of likely N-dealkylation sites (tertiary alicyclic amines) is 1. The fraction of sp³-hybridized carbons (Fsp3) is 0.632. The molecule has 1 N–H and O–H groups in total. The number of hydrogen-bond donors (Lipinski definition) is 1. The molecule has 2 rings (SSSR count). The Kier molecular flexibility index (Phi) is 6.38. The number of ether oxygens (including phenoxy) is 1. The van der Waals surface area contributed by atoms with E-state index in [-0.39, 0.29) is 12.1 Å². The maximum Gasteiger partial charge on any atom is 0.410 e. The standard InChI is InChI=1S/C19H28F2N2O2/c1-13(16-6-5-15(20)11-17(16)21)22-12-14-7-9-23(10-8-14)18(24)25-19(2,3)4/h5-6,11,13-14,22H,7-10,12H2,1-4H3. The third kappa shape index (κ3) is 5.96. The molecular formula is C19H28F2N2O2. The van der Waals surface area contributed by atoms with E-state index in [2.05, 4.69) is 5.32 Å². The Bertz CT molecular complexity index is 594. The largest absolute Gasteiger partial charge is 0.444 e. The lowest BCUT2D eigenvalue weighted by Gasteiger charge is -2.34. The first kappa shape index (κ1) is 19.6. The van der Waals surface area contributed by atoms with Gasteiger partial charge in [0.15, 0.2) is 0 Å². The molecule has 1 amide bonds. The molecule has 140 valence electrons. The molecular weight excluding hydrogens is 326 g/mol. The Morgan fingerprint density at radius 2 is 1.96 bits per heavy atom. The first-order valence-electron chi connectivity index (χ1n) is 8.82. The van der Waals surface area contributed by atoms with E-state index in [1.165, 1.54) is 12.1 Å². The van der Waals surface area contributed by atoms with Gasteiger partial charge in [0.2, 0.25) is 0 Å². The minimum Gasteiger partial charge on any atom is -0.444 e. The number of carbonyl (C=O) groups excluding carboxylic acids is 1. The second kappa shape index (κ2) is 8.13. The lowest BCUT2D eigenvalue weighted by Crippen LogP contribution is -2.43. The highest BCUT2D eigenvalue weighted by Crippen LogP contribution is 2.22. The van der Waals surface area contributed by atoms with Crippen LogP contribution in [0.25, 0.3) is 0 Å². The first-order valence-corrected chi connectivity index (χ1v) is 8.82. The fourth-order valence-corrected chi connectivity index (χ4v) is 2.95. The maximum absolute atomic E-state index is 13.8. The van der Waals surface area contributed by atoms with Gasteiger partial charge in [0.25, 0.3) is 0 Å². The number of rotatable bonds is 4. The van der Waals surface area contributed by atoms with E-state index in [0.717, 1.165) is 25.5 Å². The average Bonchev–Trinajstić information content (AvgIpc) is 2.51. The van der Waals surface area contributed by atoms with Crippen LogP contribution in [0.1, 0.15) is 52.1 Å². The SMILES string of the molecule is CC(NCC1CCN(C(=O)OC(C)(C)C)CC1)c1ccc(F)cc1F. The molecule has 1 aromatic rings. The quantitative estimate of drug-likeness (QED) is 0.878. The third-order valence-corrected chi connectivity index (χ3v) is 4.41. The molecule has 0 radical (unpaired) electrons. The van der Waals surface area contributed by atoms with Crippen molar-refractivity contribution in [3.05, 3.63) is 35.4 Å². The molecule has 0 bridgehead atoms. The second-order valence-electron chi connectivity index (χ2n) is 7.71. The van der Waals surface area contributed by atoms with Crippen LogP contribution in [0.2, 0.25) is 0 Å². The fourth-order valence-electron chi connectivity index (χ4n) is 2.95. The van der Waals surface area contributed by atoms with Crippen LogP contribution in [-0.4, -0.2) is 36.2 Å². The molecule has 1 saturated heterocycles. The normalized spacial score (nSPS) is 17.4. The molecule has 25 heavy (non-hydrogen) atoms. The zero-order valence-corrected chi connectivity index (χ0v) is 15.4. The van der Waals surface area contributed by atoms with Gasteiger partial charge in [-0.05, 0) is 59.1 Å². The van der Waals surface area contributed by atoms with Crippen molar-refractivity contribution in [2.45, 2.75) is 52.2 Å². The highest BCUT2D eigenvalue weighted by atomic mass is 19.1. The van der Waals surface area contributed by atoms with Crippen molar-refractivity contribution in [1.29, 1.82) is 0 Å². The highest BCUT2D eigenvalue weighted by Gasteiger charge is 2.27. The Hall–Kier alpha value is -1.69. The van der Waals surface area contributed by atoms with Gasteiger partial charge in [-0.2, -0.15) is 0 Å². The highest BCUT2D eigenvalue weighted by molar-refractivity contribution is 5.68. The van der Waals surface area contributed by atoms with Crippen LogP contribution in [0.4, 0.5) is 13.6 Å². The lowest BCUT2D eigenvalue weighted by atomic mass is 9.96. The van der Waals surface area contributed by atoms with Crippen molar-refractivity contribution in [2.75, 3.05) is 19.6 Å². The Morgan fingerprint density at radius 3 is 2.52 bits per heavy atom. The predicted octanol–water partition coefficient (Wildman–Crippen LogP) is 4.26. The minimum absolute atomic E-state index is 0.190. The van der Waals surface area contributed by atoms with Gasteiger partial charge in [-0.1, -0.05) is 6.07 Å². The number of halogens is 2. The smallest absolute Gasteiger partial charge is 0.410 e. The van der Waals surface area contributed by atoms with E-state index in [9.17, 15) is 13.6 Å². The molecule has 0 saturated carbocycles.